The quantitative estimate of drug-likeness (QED) is 0.619. The average Bonchev–Trinajstić information content (AvgIpc) is 2.51. The molecule has 2 rings (SSSR count). The van der Waals surface area contributed by atoms with Gasteiger partial charge in [-0.05, 0) is 0 Å². The van der Waals surface area contributed by atoms with E-state index < -0.39 is 0 Å². The molecule has 1 aliphatic heterocycles. The van der Waals surface area contributed by atoms with Crippen LogP contribution in [0.1, 0.15) is 5.69 Å². The fourth-order valence-electron chi connectivity index (χ4n) is 1.23. The minimum absolute atomic E-state index is 0.0900. The van der Waals surface area contributed by atoms with Gasteiger partial charge < -0.3 is 15.2 Å². The van der Waals surface area contributed by atoms with Crippen molar-refractivity contribution in [2.75, 3.05) is 19.8 Å². The third kappa shape index (κ3) is 2.28. The van der Waals surface area contributed by atoms with Crippen molar-refractivity contribution in [3.8, 4) is 0 Å². The van der Waals surface area contributed by atoms with Crippen molar-refractivity contribution < 1.29 is 9.84 Å². The highest BCUT2D eigenvalue weighted by Crippen LogP contribution is 2.01. The molecule has 0 unspecified atom stereocenters. The van der Waals surface area contributed by atoms with Crippen LogP contribution in [-0.4, -0.2) is 46.0 Å². The summed E-state index contributed by atoms with van der Waals surface area (Å²) in [6.07, 6.45) is 1.84. The number of aliphatic hydroxyl groups excluding tert-OH is 1. The second-order valence-corrected chi connectivity index (χ2v) is 3.31. The second-order valence-electron chi connectivity index (χ2n) is 3.31. The van der Waals surface area contributed by atoms with E-state index in [9.17, 15) is 0 Å². The Morgan fingerprint density at radius 1 is 1.64 bits per heavy atom. The first-order valence-electron chi connectivity index (χ1n) is 4.69. The Bertz CT molecular complexity index is 285. The first-order chi connectivity index (χ1) is 6.88. The van der Waals surface area contributed by atoms with Gasteiger partial charge in [0, 0.05) is 12.7 Å². The summed E-state index contributed by atoms with van der Waals surface area (Å²) in [5.41, 5.74) is 0.894. The van der Waals surface area contributed by atoms with Gasteiger partial charge in [-0.1, -0.05) is 5.21 Å². The fraction of sp³-hybridized carbons (Fsp3) is 0.750. The van der Waals surface area contributed by atoms with E-state index in [1.165, 1.54) is 0 Å². The number of hydrogen-bond donors (Lipinski definition) is 2. The molecule has 0 bridgehead atoms. The zero-order valence-electron chi connectivity index (χ0n) is 7.89. The topological polar surface area (TPSA) is 72.2 Å². The zero-order valence-corrected chi connectivity index (χ0v) is 7.89. The molecule has 1 aromatic heterocycles. The van der Waals surface area contributed by atoms with Crippen LogP contribution >= 0.6 is 0 Å². The number of ether oxygens (including phenoxy) is 1. The van der Waals surface area contributed by atoms with Gasteiger partial charge in [-0.25, -0.2) is 4.68 Å². The van der Waals surface area contributed by atoms with Gasteiger partial charge in [-0.2, -0.15) is 0 Å². The molecule has 78 valence electrons. The van der Waals surface area contributed by atoms with Gasteiger partial charge in [-0.3, -0.25) is 0 Å². The fourth-order valence-corrected chi connectivity index (χ4v) is 1.23. The summed E-state index contributed by atoms with van der Waals surface area (Å²) in [7, 11) is 0. The Kier molecular flexibility index (Phi) is 3.07. The van der Waals surface area contributed by atoms with Crippen LogP contribution in [0.3, 0.4) is 0 Å². The molecule has 0 radical (unpaired) electrons. The van der Waals surface area contributed by atoms with E-state index in [4.69, 9.17) is 9.84 Å². The summed E-state index contributed by atoms with van der Waals surface area (Å²) in [6.45, 7) is 2.86. The molecule has 0 saturated carbocycles. The highest BCUT2D eigenvalue weighted by molar-refractivity contribution is 4.92. The van der Waals surface area contributed by atoms with Crippen LogP contribution in [0.2, 0.25) is 0 Å². The van der Waals surface area contributed by atoms with Crippen LogP contribution in [0.15, 0.2) is 6.20 Å². The summed E-state index contributed by atoms with van der Waals surface area (Å²) in [4.78, 5) is 0. The maximum absolute atomic E-state index is 8.67. The van der Waals surface area contributed by atoms with Gasteiger partial charge in [0.15, 0.2) is 0 Å². The Labute approximate surface area is 81.9 Å². The van der Waals surface area contributed by atoms with E-state index in [-0.39, 0.29) is 6.61 Å². The predicted octanol–water partition coefficient (Wildman–Crippen LogP) is -1.24. The molecule has 0 spiro atoms. The number of hydrogen-bond acceptors (Lipinski definition) is 5. The van der Waals surface area contributed by atoms with Crippen molar-refractivity contribution in [3.63, 3.8) is 0 Å². The van der Waals surface area contributed by atoms with Crippen LogP contribution in [0.4, 0.5) is 0 Å². The zero-order chi connectivity index (χ0) is 9.80. The molecule has 1 aromatic rings. The number of rotatable bonds is 5. The maximum atomic E-state index is 8.67. The maximum Gasteiger partial charge on any atom is 0.0964 e. The van der Waals surface area contributed by atoms with E-state index in [2.05, 4.69) is 15.6 Å². The van der Waals surface area contributed by atoms with Crippen molar-refractivity contribution in [1.29, 1.82) is 0 Å². The molecule has 0 aliphatic carbocycles. The van der Waals surface area contributed by atoms with Crippen LogP contribution in [-0.2, 0) is 17.8 Å². The molecule has 6 nitrogen and oxygen atoms in total. The van der Waals surface area contributed by atoms with Gasteiger partial charge in [0.1, 0.15) is 0 Å². The molecule has 1 saturated heterocycles. The van der Waals surface area contributed by atoms with Crippen molar-refractivity contribution in [2.45, 2.75) is 19.1 Å². The first-order valence-corrected chi connectivity index (χ1v) is 4.69. The smallest absolute Gasteiger partial charge is 0.0964 e. The lowest BCUT2D eigenvalue weighted by atomic mass is 10.2. The largest absolute Gasteiger partial charge is 0.394 e. The predicted molar refractivity (Wildman–Crippen MR) is 48.6 cm³/mol. The SMILES string of the molecule is OCCn1cc(CNC2COC2)nn1. The number of nitrogens with zero attached hydrogens (tertiary/aromatic N) is 3. The highest BCUT2D eigenvalue weighted by Gasteiger charge is 2.17. The normalized spacial score (nSPS) is 16.9. The summed E-state index contributed by atoms with van der Waals surface area (Å²) in [6, 6.07) is 0.456. The van der Waals surface area contributed by atoms with E-state index in [1.807, 2.05) is 6.20 Å². The molecule has 6 heteroatoms. The molecule has 1 aliphatic rings. The van der Waals surface area contributed by atoms with Gasteiger partial charge in [-0.15, -0.1) is 5.10 Å². The average molecular weight is 198 g/mol. The van der Waals surface area contributed by atoms with Crippen molar-refractivity contribution >= 4 is 0 Å². The van der Waals surface area contributed by atoms with E-state index in [0.29, 0.717) is 19.1 Å². The number of nitrogens with one attached hydrogen (secondary N) is 1. The van der Waals surface area contributed by atoms with Gasteiger partial charge in [0.05, 0.1) is 38.1 Å². The molecular formula is C8H14N4O2. The molecule has 2 heterocycles. The van der Waals surface area contributed by atoms with E-state index >= 15 is 0 Å². The Morgan fingerprint density at radius 3 is 3.14 bits per heavy atom. The van der Waals surface area contributed by atoms with Gasteiger partial charge >= 0.3 is 0 Å². The molecule has 0 amide bonds. The van der Waals surface area contributed by atoms with Gasteiger partial charge in [0.25, 0.3) is 0 Å². The standard InChI is InChI=1S/C8H14N4O2/c13-2-1-12-4-7(10-11-12)3-9-8-5-14-6-8/h4,8-9,13H,1-3,5-6H2. The molecular weight excluding hydrogens is 184 g/mol. The van der Waals surface area contributed by atoms with Crippen molar-refractivity contribution in [1.82, 2.24) is 20.3 Å². The molecule has 0 atom stereocenters. The molecule has 2 N–H and O–H groups in total. The number of aromatic nitrogens is 3. The highest BCUT2D eigenvalue weighted by atomic mass is 16.5. The Balaban J connectivity index is 1.77. The Morgan fingerprint density at radius 2 is 2.50 bits per heavy atom. The minimum atomic E-state index is 0.0900. The lowest BCUT2D eigenvalue weighted by Crippen LogP contribution is -2.45. The summed E-state index contributed by atoms with van der Waals surface area (Å²) < 4.78 is 6.66. The lowest BCUT2D eigenvalue weighted by molar-refractivity contribution is -0.00591. The van der Waals surface area contributed by atoms with E-state index in [1.54, 1.807) is 4.68 Å². The Hall–Kier alpha value is -0.980. The third-order valence-corrected chi connectivity index (χ3v) is 2.13. The lowest BCUT2D eigenvalue weighted by Gasteiger charge is -2.26. The first kappa shape index (κ1) is 9.57. The molecule has 1 fully saturated rings. The van der Waals surface area contributed by atoms with Crippen molar-refractivity contribution in [2.24, 2.45) is 0 Å². The van der Waals surface area contributed by atoms with E-state index in [0.717, 1.165) is 18.9 Å². The second kappa shape index (κ2) is 4.50. The van der Waals surface area contributed by atoms with Crippen LogP contribution in [0.25, 0.3) is 0 Å². The van der Waals surface area contributed by atoms with Crippen LogP contribution in [0, 0.1) is 0 Å². The number of aliphatic hydroxyl groups is 1. The third-order valence-electron chi connectivity index (χ3n) is 2.13. The van der Waals surface area contributed by atoms with Gasteiger partial charge in [0.2, 0.25) is 0 Å². The summed E-state index contributed by atoms with van der Waals surface area (Å²) >= 11 is 0. The summed E-state index contributed by atoms with van der Waals surface area (Å²) in [5.74, 6) is 0. The molecule has 14 heavy (non-hydrogen) atoms. The summed E-state index contributed by atoms with van der Waals surface area (Å²) in [5, 5.41) is 19.8. The minimum Gasteiger partial charge on any atom is -0.394 e. The van der Waals surface area contributed by atoms with Crippen LogP contribution < -0.4 is 5.32 Å². The monoisotopic (exact) mass is 198 g/mol. The van der Waals surface area contributed by atoms with Crippen molar-refractivity contribution in [3.05, 3.63) is 11.9 Å². The van der Waals surface area contributed by atoms with Crippen LogP contribution in [0.5, 0.6) is 0 Å². The molecule has 0 aromatic carbocycles.